The van der Waals surface area contributed by atoms with Crippen LogP contribution in [-0.4, -0.2) is 68.0 Å². The van der Waals surface area contributed by atoms with Crippen LogP contribution in [0.5, 0.6) is 23.0 Å². The number of hydrogen-bond acceptors (Lipinski definition) is 8. The van der Waals surface area contributed by atoms with Gasteiger partial charge in [0.15, 0.2) is 23.1 Å². The van der Waals surface area contributed by atoms with E-state index in [1.54, 1.807) is 37.6 Å². The van der Waals surface area contributed by atoms with Gasteiger partial charge in [-0.15, -0.1) is 0 Å². The number of carbonyl (C=O) groups excluding carboxylic acids is 2. The van der Waals surface area contributed by atoms with E-state index < -0.39 is 5.82 Å². The Morgan fingerprint density at radius 1 is 0.881 bits per heavy atom. The van der Waals surface area contributed by atoms with Crippen molar-refractivity contribution in [3.8, 4) is 23.0 Å². The lowest BCUT2D eigenvalue weighted by Gasteiger charge is -2.26. The maximum atomic E-state index is 15.1. The summed E-state index contributed by atoms with van der Waals surface area (Å²) in [6.45, 7) is 4.46. The molecular formula is C33H33FN2O6. The first-order valence-corrected chi connectivity index (χ1v) is 13.9. The van der Waals surface area contributed by atoms with Crippen LogP contribution in [0, 0.1) is 5.82 Å². The van der Waals surface area contributed by atoms with Crippen LogP contribution in [0.3, 0.4) is 0 Å². The molecular weight excluding hydrogens is 539 g/mol. The maximum absolute atomic E-state index is 15.1. The minimum Gasteiger partial charge on any atom is -0.493 e. The fraction of sp³-hybridized carbons (Fsp3) is 0.303. The van der Waals surface area contributed by atoms with Crippen molar-refractivity contribution in [1.29, 1.82) is 0 Å². The Hall–Kier alpha value is -4.34. The molecule has 218 valence electrons. The number of morpholine rings is 1. The predicted molar refractivity (Wildman–Crippen MR) is 156 cm³/mol. The van der Waals surface area contributed by atoms with E-state index in [-0.39, 0.29) is 36.6 Å². The normalized spacial score (nSPS) is 13.6. The zero-order chi connectivity index (χ0) is 29.3. The molecule has 0 spiro atoms. The highest BCUT2D eigenvalue weighted by molar-refractivity contribution is 6.00. The summed E-state index contributed by atoms with van der Waals surface area (Å²) in [6, 6.07) is 18.8. The van der Waals surface area contributed by atoms with Gasteiger partial charge in [0, 0.05) is 50.1 Å². The van der Waals surface area contributed by atoms with E-state index in [1.165, 1.54) is 12.1 Å². The first kappa shape index (κ1) is 29.2. The minimum atomic E-state index is -0.615. The number of ketones is 2. The minimum absolute atomic E-state index is 0.00339. The summed E-state index contributed by atoms with van der Waals surface area (Å²) in [5.41, 5.74) is 1.94. The summed E-state index contributed by atoms with van der Waals surface area (Å²) < 4.78 is 38.0. The quantitative estimate of drug-likeness (QED) is 0.202. The van der Waals surface area contributed by atoms with Crippen molar-refractivity contribution >= 4 is 22.5 Å². The largest absolute Gasteiger partial charge is 0.493 e. The number of rotatable bonds is 13. The molecule has 0 aliphatic carbocycles. The van der Waals surface area contributed by atoms with Crippen molar-refractivity contribution in [3.05, 3.63) is 89.9 Å². The Balaban J connectivity index is 1.23. The van der Waals surface area contributed by atoms with Gasteiger partial charge in [0.1, 0.15) is 23.9 Å². The summed E-state index contributed by atoms with van der Waals surface area (Å²) in [4.78, 5) is 31.5. The second kappa shape index (κ2) is 14.0. The Morgan fingerprint density at radius 2 is 1.64 bits per heavy atom. The summed E-state index contributed by atoms with van der Waals surface area (Å²) in [5.74, 6) is 0.423. The first-order valence-electron chi connectivity index (χ1n) is 13.9. The van der Waals surface area contributed by atoms with Gasteiger partial charge in [-0.3, -0.25) is 19.5 Å². The third-order valence-electron chi connectivity index (χ3n) is 7.01. The number of aromatic nitrogens is 1. The van der Waals surface area contributed by atoms with Gasteiger partial charge in [-0.1, -0.05) is 36.4 Å². The molecule has 8 nitrogen and oxygen atoms in total. The number of nitrogens with zero attached hydrogens (tertiary/aromatic N) is 2. The van der Waals surface area contributed by atoms with Crippen molar-refractivity contribution < 1.29 is 32.9 Å². The first-order chi connectivity index (χ1) is 20.5. The van der Waals surface area contributed by atoms with Crippen LogP contribution in [0.25, 0.3) is 10.9 Å². The van der Waals surface area contributed by atoms with E-state index in [4.69, 9.17) is 18.9 Å². The third-order valence-corrected chi connectivity index (χ3v) is 7.01. The highest BCUT2D eigenvalue weighted by Crippen LogP contribution is 2.37. The number of benzene rings is 3. The monoisotopic (exact) mass is 572 g/mol. The highest BCUT2D eigenvalue weighted by Gasteiger charge is 2.16. The van der Waals surface area contributed by atoms with Crippen LogP contribution in [0.1, 0.15) is 17.5 Å². The Morgan fingerprint density at radius 3 is 2.38 bits per heavy atom. The van der Waals surface area contributed by atoms with Gasteiger partial charge in [-0.25, -0.2) is 4.39 Å². The number of hydrogen-bond donors (Lipinski definition) is 0. The molecule has 0 amide bonds. The topological polar surface area (TPSA) is 87.2 Å². The molecule has 42 heavy (non-hydrogen) atoms. The lowest BCUT2D eigenvalue weighted by atomic mass is 10.0. The van der Waals surface area contributed by atoms with E-state index >= 15 is 4.39 Å². The predicted octanol–water partition coefficient (Wildman–Crippen LogP) is 5.20. The number of pyridine rings is 1. The second-order valence-electron chi connectivity index (χ2n) is 10.1. The molecule has 0 radical (unpaired) electrons. The fourth-order valence-corrected chi connectivity index (χ4v) is 4.85. The van der Waals surface area contributed by atoms with Crippen LogP contribution in [0.15, 0.2) is 72.9 Å². The van der Waals surface area contributed by atoms with E-state index in [9.17, 15) is 9.59 Å². The molecule has 1 aromatic heterocycles. The second-order valence-corrected chi connectivity index (χ2v) is 10.1. The summed E-state index contributed by atoms with van der Waals surface area (Å²) in [7, 11) is 1.56. The van der Waals surface area contributed by atoms with E-state index in [1.807, 2.05) is 30.3 Å². The summed E-state index contributed by atoms with van der Waals surface area (Å²) >= 11 is 0. The fourth-order valence-electron chi connectivity index (χ4n) is 4.85. The van der Waals surface area contributed by atoms with Gasteiger partial charge in [-0.05, 0) is 35.4 Å². The molecule has 0 N–H and O–H groups in total. The number of carbonyl (C=O) groups is 2. The van der Waals surface area contributed by atoms with Crippen LogP contribution in [0.2, 0.25) is 0 Å². The Kier molecular flexibility index (Phi) is 9.74. The molecule has 0 saturated carbocycles. The number of ether oxygens (including phenoxy) is 4. The molecule has 2 heterocycles. The molecule has 1 fully saturated rings. The molecule has 9 heteroatoms. The number of halogens is 1. The Bertz CT molecular complexity index is 1540. The summed E-state index contributed by atoms with van der Waals surface area (Å²) in [5, 5.41) is 0.630. The van der Waals surface area contributed by atoms with E-state index in [0.717, 1.165) is 38.4 Å². The molecule has 0 unspecified atom stereocenters. The van der Waals surface area contributed by atoms with Crippen molar-refractivity contribution in [2.75, 3.05) is 46.6 Å². The molecule has 1 aliphatic rings. The van der Waals surface area contributed by atoms with Crippen molar-refractivity contribution in [2.24, 2.45) is 0 Å². The average Bonchev–Trinajstić information content (AvgIpc) is 2.99. The van der Waals surface area contributed by atoms with Gasteiger partial charge >= 0.3 is 0 Å². The van der Waals surface area contributed by atoms with Crippen LogP contribution in [-0.2, 0) is 27.2 Å². The molecule has 4 aromatic rings. The van der Waals surface area contributed by atoms with Crippen molar-refractivity contribution in [3.63, 3.8) is 0 Å². The highest BCUT2D eigenvalue weighted by atomic mass is 19.1. The van der Waals surface area contributed by atoms with Crippen LogP contribution < -0.4 is 14.2 Å². The molecule has 3 aromatic carbocycles. The molecule has 1 saturated heterocycles. The third kappa shape index (κ3) is 7.69. The standard InChI is InChI=1S/C33H33FN2O6/c1-39-32-21-27-29(22-33(32)41-16-13-36-11-14-40-15-12-36)35-10-9-30(27)42-31-8-7-24(19-28(31)34)18-26(38)20-25(37)17-23-5-3-2-4-6-23/h2-10,19,21-22H,11-18,20H2,1H3. The molecule has 0 atom stereocenters. The van der Waals surface area contributed by atoms with Crippen molar-refractivity contribution in [1.82, 2.24) is 9.88 Å². The average molecular weight is 573 g/mol. The zero-order valence-electron chi connectivity index (χ0n) is 23.5. The number of Topliss-reactive ketones (excluding diaryl/α,β-unsaturated/α-hetero) is 2. The van der Waals surface area contributed by atoms with Crippen LogP contribution in [0.4, 0.5) is 4.39 Å². The smallest absolute Gasteiger partial charge is 0.166 e. The Labute approximate surface area is 244 Å². The lowest BCUT2D eigenvalue weighted by Crippen LogP contribution is -2.38. The van der Waals surface area contributed by atoms with Gasteiger partial charge < -0.3 is 18.9 Å². The summed E-state index contributed by atoms with van der Waals surface area (Å²) in [6.07, 6.45) is 1.54. The van der Waals surface area contributed by atoms with Crippen molar-refractivity contribution in [2.45, 2.75) is 19.3 Å². The zero-order valence-corrected chi connectivity index (χ0v) is 23.5. The van der Waals surface area contributed by atoms with Crippen LogP contribution >= 0.6 is 0 Å². The number of methoxy groups -OCH3 is 1. The molecule has 1 aliphatic heterocycles. The van der Waals surface area contributed by atoms with Gasteiger partial charge in [0.2, 0.25) is 0 Å². The molecule has 5 rings (SSSR count). The molecule has 0 bridgehead atoms. The maximum Gasteiger partial charge on any atom is 0.166 e. The van der Waals surface area contributed by atoms with Gasteiger partial charge in [0.05, 0.1) is 32.3 Å². The SMILES string of the molecule is COc1cc2c(Oc3ccc(CC(=O)CC(=O)Cc4ccccc4)cc3F)ccnc2cc1OCCN1CCOCC1. The van der Waals surface area contributed by atoms with Gasteiger partial charge in [0.25, 0.3) is 0 Å². The van der Waals surface area contributed by atoms with E-state index in [2.05, 4.69) is 9.88 Å². The van der Waals surface area contributed by atoms with E-state index in [0.29, 0.717) is 40.3 Å². The van der Waals surface area contributed by atoms with Gasteiger partial charge in [-0.2, -0.15) is 0 Å². The number of fused-ring (bicyclic) bond motifs is 1. The lowest BCUT2D eigenvalue weighted by molar-refractivity contribution is -0.126.